The lowest BCUT2D eigenvalue weighted by atomic mass is 10.1. The van der Waals surface area contributed by atoms with Gasteiger partial charge in [0.2, 0.25) is 0 Å². The summed E-state index contributed by atoms with van der Waals surface area (Å²) in [5.41, 5.74) is 1.19. The Morgan fingerprint density at radius 2 is 2.15 bits per heavy atom. The van der Waals surface area contributed by atoms with E-state index in [-0.39, 0.29) is 17.8 Å². The lowest BCUT2D eigenvalue weighted by molar-refractivity contribution is 0.0937. The lowest BCUT2D eigenvalue weighted by Gasteiger charge is -2.25. The van der Waals surface area contributed by atoms with Gasteiger partial charge in [-0.1, -0.05) is 12.1 Å². The Labute approximate surface area is 155 Å². The minimum Gasteiger partial charge on any atom is -0.462 e. The van der Waals surface area contributed by atoms with Crippen LogP contribution in [-0.2, 0) is 0 Å². The number of hydrogen-bond donors (Lipinski definition) is 1. The van der Waals surface area contributed by atoms with E-state index in [1.165, 1.54) is 23.5 Å². The molecule has 1 amide bonds. The van der Waals surface area contributed by atoms with Gasteiger partial charge in [0.15, 0.2) is 10.8 Å². The summed E-state index contributed by atoms with van der Waals surface area (Å²) in [5, 5.41) is 3.58. The fraction of sp³-hybridized carbons (Fsp3) is 0.263. The van der Waals surface area contributed by atoms with Crippen LogP contribution in [0.4, 0.5) is 4.39 Å². The molecule has 2 aromatic heterocycles. The van der Waals surface area contributed by atoms with Crippen LogP contribution in [0.25, 0.3) is 10.8 Å². The highest BCUT2D eigenvalue weighted by Gasteiger charge is 2.20. The summed E-state index contributed by atoms with van der Waals surface area (Å²) in [6.45, 7) is 2.21. The van der Waals surface area contributed by atoms with Crippen LogP contribution in [0.3, 0.4) is 0 Å². The van der Waals surface area contributed by atoms with Gasteiger partial charge in [0.25, 0.3) is 5.91 Å². The predicted molar refractivity (Wildman–Crippen MR) is 99.7 cm³/mol. The van der Waals surface area contributed by atoms with Crippen LogP contribution in [0.5, 0.6) is 0 Å². The van der Waals surface area contributed by atoms with E-state index in [0.29, 0.717) is 23.0 Å². The Kier molecular flexibility index (Phi) is 5.49. The van der Waals surface area contributed by atoms with Crippen LogP contribution in [-0.4, -0.2) is 36.4 Å². The third-order valence-electron chi connectivity index (χ3n) is 4.06. The number of nitrogens with zero attached hydrogens (tertiary/aromatic N) is 2. The quantitative estimate of drug-likeness (QED) is 0.712. The Morgan fingerprint density at radius 3 is 2.81 bits per heavy atom. The van der Waals surface area contributed by atoms with Crippen LogP contribution >= 0.6 is 11.3 Å². The van der Waals surface area contributed by atoms with E-state index >= 15 is 0 Å². The zero-order chi connectivity index (χ0) is 18.7. The van der Waals surface area contributed by atoms with E-state index in [1.54, 1.807) is 18.4 Å². The second-order valence-corrected chi connectivity index (χ2v) is 7.35. The topological polar surface area (TPSA) is 58.4 Å². The number of rotatable bonds is 6. The van der Waals surface area contributed by atoms with Crippen LogP contribution < -0.4 is 5.32 Å². The van der Waals surface area contributed by atoms with E-state index in [2.05, 4.69) is 10.3 Å². The van der Waals surface area contributed by atoms with Gasteiger partial charge in [0.05, 0.1) is 12.3 Å². The zero-order valence-corrected chi connectivity index (χ0v) is 15.6. The highest BCUT2D eigenvalue weighted by Crippen LogP contribution is 2.28. The van der Waals surface area contributed by atoms with Gasteiger partial charge in [0, 0.05) is 11.4 Å². The van der Waals surface area contributed by atoms with E-state index in [1.807, 2.05) is 38.1 Å². The molecule has 136 valence electrons. The number of furan rings is 1. The molecule has 1 atom stereocenters. The van der Waals surface area contributed by atoms with Crippen molar-refractivity contribution in [2.75, 3.05) is 20.6 Å². The maximum atomic E-state index is 13.5. The summed E-state index contributed by atoms with van der Waals surface area (Å²) in [4.78, 5) is 19.7. The molecular formula is C19H20FN3O2S. The summed E-state index contributed by atoms with van der Waals surface area (Å²) in [7, 11) is 3.79. The number of carbonyl (C=O) groups excluding carboxylic acids is 1. The fourth-order valence-corrected chi connectivity index (χ4v) is 3.58. The van der Waals surface area contributed by atoms with Crippen LogP contribution in [0, 0.1) is 12.7 Å². The Morgan fingerprint density at radius 1 is 1.35 bits per heavy atom. The molecule has 1 unspecified atom stereocenters. The number of amides is 1. The molecule has 0 fully saturated rings. The number of carbonyl (C=O) groups is 1. The summed E-state index contributed by atoms with van der Waals surface area (Å²) >= 11 is 1.41. The third kappa shape index (κ3) is 4.00. The van der Waals surface area contributed by atoms with E-state index < -0.39 is 0 Å². The molecular weight excluding hydrogens is 353 g/mol. The molecule has 0 aliphatic carbocycles. The molecule has 0 saturated heterocycles. The van der Waals surface area contributed by atoms with Crippen LogP contribution in [0.2, 0.25) is 0 Å². The molecule has 0 saturated carbocycles. The van der Waals surface area contributed by atoms with Gasteiger partial charge in [-0.25, -0.2) is 9.37 Å². The summed E-state index contributed by atoms with van der Waals surface area (Å²) in [6, 6.07) is 9.87. The van der Waals surface area contributed by atoms with Gasteiger partial charge in [-0.15, -0.1) is 11.3 Å². The fourth-order valence-electron chi connectivity index (χ4n) is 2.70. The number of halogens is 1. The molecule has 0 spiro atoms. The highest BCUT2D eigenvalue weighted by atomic mass is 32.1. The molecule has 0 aliphatic heterocycles. The number of aryl methyl sites for hydroxylation is 1. The number of nitrogens with one attached hydrogen (secondary N) is 1. The Balaban J connectivity index is 1.73. The predicted octanol–water partition coefficient (Wildman–Crippen LogP) is 3.88. The molecule has 1 N–H and O–H groups in total. The number of aromatic nitrogens is 1. The molecule has 2 heterocycles. The number of hydrogen-bond acceptors (Lipinski definition) is 5. The van der Waals surface area contributed by atoms with Crippen molar-refractivity contribution in [3.8, 4) is 10.8 Å². The van der Waals surface area contributed by atoms with Gasteiger partial charge in [-0.3, -0.25) is 4.79 Å². The minimum absolute atomic E-state index is 0.141. The first-order valence-electron chi connectivity index (χ1n) is 8.17. The normalized spacial score (nSPS) is 12.3. The monoisotopic (exact) mass is 373 g/mol. The van der Waals surface area contributed by atoms with Gasteiger partial charge >= 0.3 is 0 Å². The SMILES string of the molecule is Cc1sc(-c2ccco2)nc1C(=O)NCC(c1cccc(F)c1)N(C)C. The zero-order valence-electron chi connectivity index (χ0n) is 14.8. The van der Waals surface area contributed by atoms with Gasteiger partial charge in [-0.2, -0.15) is 0 Å². The first-order valence-corrected chi connectivity index (χ1v) is 8.98. The standard InChI is InChI=1S/C19H20FN3O2S/c1-12-17(22-19(26-12)16-8-5-9-25-16)18(24)21-11-15(23(2)3)13-6-4-7-14(20)10-13/h4-10,15H,11H2,1-3H3,(H,21,24). The van der Waals surface area contributed by atoms with Gasteiger partial charge in [0.1, 0.15) is 11.5 Å². The molecule has 7 heteroatoms. The van der Waals surface area contributed by atoms with Gasteiger partial charge in [-0.05, 0) is 50.8 Å². The number of thiazole rings is 1. The molecule has 0 aliphatic rings. The molecule has 3 aromatic rings. The first-order chi connectivity index (χ1) is 12.5. The van der Waals surface area contributed by atoms with Crippen molar-refractivity contribution >= 4 is 17.2 Å². The Bertz CT molecular complexity index is 890. The average molecular weight is 373 g/mol. The maximum Gasteiger partial charge on any atom is 0.271 e. The number of likely N-dealkylation sites (N-methyl/N-ethyl adjacent to an activating group) is 1. The summed E-state index contributed by atoms with van der Waals surface area (Å²) < 4.78 is 18.9. The largest absolute Gasteiger partial charge is 0.462 e. The first kappa shape index (κ1) is 18.3. The van der Waals surface area contributed by atoms with Crippen molar-refractivity contribution in [1.82, 2.24) is 15.2 Å². The second kappa shape index (κ2) is 7.80. The van der Waals surface area contributed by atoms with Crippen molar-refractivity contribution < 1.29 is 13.6 Å². The molecule has 0 bridgehead atoms. The van der Waals surface area contributed by atoms with E-state index in [9.17, 15) is 9.18 Å². The van der Waals surface area contributed by atoms with Crippen LogP contribution in [0.15, 0.2) is 47.1 Å². The maximum absolute atomic E-state index is 13.5. The minimum atomic E-state index is -0.292. The van der Waals surface area contributed by atoms with Gasteiger partial charge < -0.3 is 14.6 Å². The second-order valence-electron chi connectivity index (χ2n) is 6.15. The van der Waals surface area contributed by atoms with Crippen molar-refractivity contribution in [2.45, 2.75) is 13.0 Å². The Hall–Kier alpha value is -2.51. The van der Waals surface area contributed by atoms with Crippen molar-refractivity contribution in [3.63, 3.8) is 0 Å². The molecule has 0 radical (unpaired) electrons. The highest BCUT2D eigenvalue weighted by molar-refractivity contribution is 7.15. The van der Waals surface area contributed by atoms with Crippen molar-refractivity contribution in [1.29, 1.82) is 0 Å². The van der Waals surface area contributed by atoms with E-state index in [4.69, 9.17) is 4.42 Å². The molecule has 3 rings (SSSR count). The van der Waals surface area contributed by atoms with E-state index in [0.717, 1.165) is 10.4 Å². The van der Waals surface area contributed by atoms with Crippen molar-refractivity contribution in [3.05, 3.63) is 64.6 Å². The van der Waals surface area contributed by atoms with Crippen LogP contribution in [0.1, 0.15) is 27.0 Å². The number of benzene rings is 1. The average Bonchev–Trinajstić information content (AvgIpc) is 3.24. The molecule has 5 nitrogen and oxygen atoms in total. The summed E-state index contributed by atoms with van der Waals surface area (Å²) in [6.07, 6.45) is 1.58. The smallest absolute Gasteiger partial charge is 0.271 e. The molecule has 26 heavy (non-hydrogen) atoms. The molecule has 1 aromatic carbocycles. The summed E-state index contributed by atoms with van der Waals surface area (Å²) in [5.74, 6) is 0.0991. The lowest BCUT2D eigenvalue weighted by Crippen LogP contribution is -2.35. The third-order valence-corrected chi connectivity index (χ3v) is 5.04. The van der Waals surface area contributed by atoms with Crippen molar-refractivity contribution in [2.24, 2.45) is 0 Å².